The fraction of sp³-hybridized carbons (Fsp3) is 0.426. The van der Waals surface area contributed by atoms with Crippen molar-refractivity contribution in [3.8, 4) is 11.4 Å². The summed E-state index contributed by atoms with van der Waals surface area (Å²) in [6.45, 7) is 6.02. The number of carbonyl (C=O) groups excluding carboxylic acids is 7. The molecule has 0 saturated carbocycles. The van der Waals surface area contributed by atoms with Crippen molar-refractivity contribution in [2.45, 2.75) is 103 Å². The Labute approximate surface area is 383 Å². The first-order valence-corrected chi connectivity index (χ1v) is 21.9. The van der Waals surface area contributed by atoms with Gasteiger partial charge in [-0.1, -0.05) is 37.3 Å². The van der Waals surface area contributed by atoms with Gasteiger partial charge in [-0.2, -0.15) is 0 Å². The molecule has 0 radical (unpaired) electrons. The van der Waals surface area contributed by atoms with Gasteiger partial charge in [-0.15, -0.1) is 0 Å². The van der Waals surface area contributed by atoms with Crippen LogP contribution in [0.1, 0.15) is 91.9 Å². The molecule has 4 heterocycles. The number of nitrogens with two attached hydrogens (primary N) is 1. The number of nitrogens with zero attached hydrogens (tertiary/aromatic N) is 3. The van der Waals surface area contributed by atoms with E-state index in [4.69, 9.17) is 20.2 Å². The summed E-state index contributed by atoms with van der Waals surface area (Å²) in [5.41, 5.74) is 6.01. The van der Waals surface area contributed by atoms with Crippen molar-refractivity contribution >= 4 is 52.5 Å². The number of fused-ring (bicyclic) bond motifs is 5. The first kappa shape index (κ1) is 47.7. The molecule has 0 unspecified atom stereocenters. The summed E-state index contributed by atoms with van der Waals surface area (Å²) >= 11 is 0. The first-order chi connectivity index (χ1) is 31.7. The third-order valence-electron chi connectivity index (χ3n) is 12.2. The predicted molar refractivity (Wildman–Crippen MR) is 238 cm³/mol. The van der Waals surface area contributed by atoms with E-state index in [-0.39, 0.29) is 73.4 Å². The molecule has 3 atom stereocenters. The van der Waals surface area contributed by atoms with Gasteiger partial charge in [0, 0.05) is 42.0 Å². The Morgan fingerprint density at radius 1 is 1.01 bits per heavy atom. The van der Waals surface area contributed by atoms with Crippen LogP contribution in [0.4, 0.5) is 9.18 Å². The molecular formula is C47H53FN8O11. The van der Waals surface area contributed by atoms with Crippen LogP contribution in [0.5, 0.6) is 0 Å². The monoisotopic (exact) mass is 924 g/mol. The summed E-state index contributed by atoms with van der Waals surface area (Å²) in [6.07, 6.45) is -0.622. The summed E-state index contributed by atoms with van der Waals surface area (Å²) in [6, 6.07) is 9.55. The van der Waals surface area contributed by atoms with Crippen molar-refractivity contribution in [3.05, 3.63) is 97.6 Å². The van der Waals surface area contributed by atoms with E-state index in [1.807, 2.05) is 0 Å². The van der Waals surface area contributed by atoms with E-state index in [2.05, 4.69) is 21.3 Å². The number of rotatable bonds is 15. The van der Waals surface area contributed by atoms with E-state index < -0.39 is 95.9 Å². The maximum absolute atomic E-state index is 15.6. The lowest BCUT2D eigenvalue weighted by atomic mass is 9.81. The van der Waals surface area contributed by atoms with Crippen LogP contribution in [0, 0.1) is 12.7 Å². The molecule has 0 fully saturated rings. The smallest absolute Gasteiger partial charge is 0.408 e. The van der Waals surface area contributed by atoms with E-state index >= 15 is 4.39 Å². The number of aromatic nitrogens is 2. The van der Waals surface area contributed by atoms with E-state index in [0.717, 1.165) is 0 Å². The van der Waals surface area contributed by atoms with Gasteiger partial charge < -0.3 is 51.0 Å². The number of ether oxygens (including phenoxy) is 2. The molecule has 2 aromatic carbocycles. The number of nitrogens with one attached hydrogen (secondary N) is 4. The van der Waals surface area contributed by atoms with Gasteiger partial charge in [0.15, 0.2) is 5.60 Å². The Kier molecular flexibility index (Phi) is 13.5. The van der Waals surface area contributed by atoms with E-state index in [0.29, 0.717) is 39.6 Å². The largest absolute Gasteiger partial charge is 0.458 e. The van der Waals surface area contributed by atoms with E-state index in [9.17, 15) is 43.5 Å². The van der Waals surface area contributed by atoms with Gasteiger partial charge in [-0.25, -0.2) is 19.0 Å². The number of primary amides is 1. The van der Waals surface area contributed by atoms with E-state index in [1.54, 1.807) is 65.0 Å². The molecule has 19 nitrogen and oxygen atoms in total. The Morgan fingerprint density at radius 2 is 1.73 bits per heavy atom. The van der Waals surface area contributed by atoms with Gasteiger partial charge >= 0.3 is 12.1 Å². The standard InChI is InChI=1S/C47H53FN8O11/c1-6-47(65)29-17-34-41-27(22-56(34)43(62)28(29)23-66-44(47)63)40-33(13-12-26-24(2)30(48)18-31(54-41)39(26)40)55(15-14-35(49)57)38(60)21-51-42(61)32(16-25-10-8-7-9-11-25)53-37(59)20-50-36(58)19-52-45(64)67-46(3,4)5/h7-11,17-18,32-33,65H,6,12-16,19-23H2,1-5H3,(H2,49,57)(H,50,58)(H,51,61)(H,52,64)(H,53,59)/t32-,33-,47-/m0/s1. The number of hydrogen-bond donors (Lipinski definition) is 6. The van der Waals surface area contributed by atoms with Crippen LogP contribution in [0.2, 0.25) is 0 Å². The number of cyclic esters (lactones) is 1. The molecule has 0 bridgehead atoms. The molecule has 0 spiro atoms. The Balaban J connectivity index is 1.17. The molecule has 3 aliphatic rings. The second-order valence-electron chi connectivity index (χ2n) is 17.8. The van der Waals surface area contributed by atoms with Crippen LogP contribution in [-0.4, -0.2) is 99.0 Å². The van der Waals surface area contributed by atoms with Crippen LogP contribution < -0.4 is 32.6 Å². The molecule has 4 aromatic rings. The quantitative estimate of drug-likeness (QED) is 0.0820. The average molecular weight is 925 g/mol. The first-order valence-electron chi connectivity index (χ1n) is 21.9. The van der Waals surface area contributed by atoms with Crippen LogP contribution in [0.15, 0.2) is 47.3 Å². The molecule has 2 aromatic heterocycles. The van der Waals surface area contributed by atoms with Gasteiger partial charge in [-0.3, -0.25) is 28.8 Å². The fourth-order valence-corrected chi connectivity index (χ4v) is 8.93. The summed E-state index contributed by atoms with van der Waals surface area (Å²) in [5, 5.41) is 21.9. The molecule has 354 valence electrons. The number of halogens is 1. The zero-order valence-electron chi connectivity index (χ0n) is 37.8. The third-order valence-corrected chi connectivity index (χ3v) is 12.2. The van der Waals surface area contributed by atoms with Crippen LogP contribution in [0.25, 0.3) is 22.3 Å². The molecule has 7 N–H and O–H groups in total. The molecule has 0 saturated heterocycles. The minimum Gasteiger partial charge on any atom is -0.458 e. The number of carbonyl (C=O) groups is 7. The van der Waals surface area contributed by atoms with Gasteiger partial charge in [0.25, 0.3) is 5.56 Å². The maximum Gasteiger partial charge on any atom is 0.408 e. The number of alkyl carbamates (subject to hydrolysis) is 1. The second-order valence-corrected chi connectivity index (χ2v) is 17.8. The minimum absolute atomic E-state index is 0.00188. The van der Waals surface area contributed by atoms with Crippen LogP contribution in [-0.2, 0) is 69.8 Å². The van der Waals surface area contributed by atoms with Gasteiger partial charge in [-0.05, 0) is 75.3 Å². The van der Waals surface area contributed by atoms with Crippen LogP contribution in [0.3, 0.4) is 0 Å². The van der Waals surface area contributed by atoms with Crippen molar-refractivity contribution in [1.82, 2.24) is 35.7 Å². The molecule has 2 aliphatic heterocycles. The molecule has 67 heavy (non-hydrogen) atoms. The number of benzene rings is 2. The highest BCUT2D eigenvalue weighted by molar-refractivity contribution is 5.95. The van der Waals surface area contributed by atoms with Crippen molar-refractivity contribution < 1.29 is 52.5 Å². The SMILES string of the molecule is CC[C@@]1(O)C(=O)OCc2c1cc1n(c2=O)Cc2c-1nc1cc(F)c(C)c3c1c2[C@@H](N(CCC(N)=O)C(=O)CNC(=O)[C@H](Cc1ccccc1)NC(=O)CNC(=O)CNC(=O)OC(C)(C)C)CC3. The summed E-state index contributed by atoms with van der Waals surface area (Å²) in [5.74, 6) is -4.90. The zero-order valence-corrected chi connectivity index (χ0v) is 37.8. The molecule has 1 aliphatic carbocycles. The minimum atomic E-state index is -2.10. The van der Waals surface area contributed by atoms with Crippen molar-refractivity contribution in [2.24, 2.45) is 5.73 Å². The topological polar surface area (TPSA) is 270 Å². The number of amides is 6. The predicted octanol–water partition coefficient (Wildman–Crippen LogP) is 1.70. The highest BCUT2D eigenvalue weighted by Gasteiger charge is 2.46. The second kappa shape index (κ2) is 18.9. The van der Waals surface area contributed by atoms with Gasteiger partial charge in [0.05, 0.1) is 48.1 Å². The normalized spacial score (nSPS) is 17.2. The highest BCUT2D eigenvalue weighted by Crippen LogP contribution is 2.47. The lowest BCUT2D eigenvalue weighted by Crippen LogP contribution is -2.53. The zero-order chi connectivity index (χ0) is 48.5. The number of aliphatic hydroxyl groups is 1. The number of pyridine rings is 2. The Bertz CT molecular complexity index is 2770. The molecule has 7 rings (SSSR count). The Morgan fingerprint density at radius 3 is 2.42 bits per heavy atom. The lowest BCUT2D eigenvalue weighted by molar-refractivity contribution is -0.172. The lowest BCUT2D eigenvalue weighted by Gasteiger charge is -2.37. The highest BCUT2D eigenvalue weighted by atomic mass is 19.1. The number of aryl methyl sites for hydroxylation is 1. The molecule has 6 amide bonds. The summed E-state index contributed by atoms with van der Waals surface area (Å²) in [4.78, 5) is 112. The Hall–Kier alpha value is -7.22. The van der Waals surface area contributed by atoms with Crippen molar-refractivity contribution in [1.29, 1.82) is 0 Å². The van der Waals surface area contributed by atoms with Crippen molar-refractivity contribution in [2.75, 3.05) is 26.2 Å². The van der Waals surface area contributed by atoms with Gasteiger partial charge in [0.1, 0.15) is 30.6 Å². The average Bonchev–Trinajstić information content (AvgIpc) is 3.65. The van der Waals surface area contributed by atoms with Crippen molar-refractivity contribution in [3.63, 3.8) is 0 Å². The van der Waals surface area contributed by atoms with Gasteiger partial charge in [0.2, 0.25) is 29.5 Å². The fourth-order valence-electron chi connectivity index (χ4n) is 8.93. The molecular weight excluding hydrogens is 872 g/mol. The molecule has 20 heteroatoms. The maximum atomic E-state index is 15.6. The van der Waals surface area contributed by atoms with Crippen LogP contribution >= 0.6 is 0 Å². The summed E-state index contributed by atoms with van der Waals surface area (Å²) in [7, 11) is 0. The third kappa shape index (κ3) is 9.84. The number of hydrogen-bond acceptors (Lipinski definition) is 12. The van der Waals surface area contributed by atoms with E-state index in [1.165, 1.54) is 21.6 Å². The number of esters is 1. The summed E-state index contributed by atoms with van der Waals surface area (Å²) < 4.78 is 27.4.